The predicted octanol–water partition coefficient (Wildman–Crippen LogP) is 3.27. The number of rotatable bonds is 6. The number of β-amino-alcohol motifs (C(OH)–C–C–N with tert-alkyl or cyclic N) is 1. The number of carbonyl (C=O) groups excluding carboxylic acids is 1. The first-order valence-electron chi connectivity index (χ1n) is 12.5. The minimum atomic E-state index is -4.59. The second-order valence-corrected chi connectivity index (χ2v) is 10.6. The van der Waals surface area contributed by atoms with Gasteiger partial charge in [0.1, 0.15) is 12.2 Å². The normalized spacial score (nSPS) is 23.9. The van der Waals surface area contributed by atoms with Crippen LogP contribution >= 0.6 is 0 Å². The van der Waals surface area contributed by atoms with Gasteiger partial charge in [0.25, 0.3) is 5.91 Å². The minimum Gasteiger partial charge on any atom is -0.390 e. The number of hydrogen-bond donors (Lipinski definition) is 1. The highest BCUT2D eigenvalue weighted by Crippen LogP contribution is 2.50. The van der Waals surface area contributed by atoms with Crippen molar-refractivity contribution >= 4 is 11.6 Å². The molecular formula is C27H28F3N5O3. The lowest BCUT2D eigenvalue weighted by molar-refractivity contribution is -0.138. The lowest BCUT2D eigenvalue weighted by Gasteiger charge is -2.46. The van der Waals surface area contributed by atoms with E-state index in [9.17, 15) is 23.1 Å². The van der Waals surface area contributed by atoms with E-state index in [1.54, 1.807) is 25.6 Å². The molecule has 2 fully saturated rings. The second kappa shape index (κ2) is 8.89. The molecule has 0 spiro atoms. The molecule has 6 rings (SSSR count). The number of halogens is 3. The van der Waals surface area contributed by atoms with Crippen LogP contribution in [0.2, 0.25) is 0 Å². The molecular weight excluding hydrogens is 499 g/mol. The Morgan fingerprint density at radius 1 is 1.18 bits per heavy atom. The van der Waals surface area contributed by atoms with E-state index < -0.39 is 29.2 Å². The maximum absolute atomic E-state index is 14.1. The molecule has 1 aliphatic carbocycles. The number of benzene rings is 2. The van der Waals surface area contributed by atoms with Crippen molar-refractivity contribution in [3.63, 3.8) is 0 Å². The Bertz CT molecular complexity index is 1390. The molecule has 2 aliphatic heterocycles. The van der Waals surface area contributed by atoms with Gasteiger partial charge in [0.05, 0.1) is 29.7 Å². The molecule has 38 heavy (non-hydrogen) atoms. The van der Waals surface area contributed by atoms with Crippen molar-refractivity contribution < 1.29 is 27.8 Å². The van der Waals surface area contributed by atoms with Crippen LogP contribution in [0.5, 0.6) is 0 Å². The molecule has 1 amide bonds. The molecule has 0 atom stereocenters. The smallest absolute Gasteiger partial charge is 0.390 e. The summed E-state index contributed by atoms with van der Waals surface area (Å²) in [4.78, 5) is 16.8. The zero-order chi connectivity index (χ0) is 26.8. The Morgan fingerprint density at radius 3 is 2.58 bits per heavy atom. The summed E-state index contributed by atoms with van der Waals surface area (Å²) in [5.41, 5.74) is 0.675. The summed E-state index contributed by atoms with van der Waals surface area (Å²) < 4.78 is 49.7. The summed E-state index contributed by atoms with van der Waals surface area (Å²) in [5, 5.41) is 17.9. The Morgan fingerprint density at radius 2 is 1.95 bits per heavy atom. The van der Waals surface area contributed by atoms with Gasteiger partial charge in [-0.2, -0.15) is 13.2 Å². The van der Waals surface area contributed by atoms with E-state index in [1.807, 2.05) is 34.7 Å². The monoisotopic (exact) mass is 527 g/mol. The molecule has 0 bridgehead atoms. The third-order valence-electron chi connectivity index (χ3n) is 8.09. The summed E-state index contributed by atoms with van der Waals surface area (Å²) in [6.07, 6.45) is -2.01. The first-order valence-corrected chi connectivity index (χ1v) is 12.5. The lowest BCUT2D eigenvalue weighted by atomic mass is 9.62. The minimum absolute atomic E-state index is 0.00796. The Kier molecular flexibility index (Phi) is 5.85. The van der Waals surface area contributed by atoms with Gasteiger partial charge >= 0.3 is 6.18 Å². The SMILES string of the molecule is CO[C@H]1C[C@](c2cccc(N3Cc4c(cc(CN5CC(O)C5)cc4C(F)(F)F)C3=O)c2)(c2nncn2C)C1. The number of nitrogens with zero attached hydrogens (tertiary/aromatic N) is 5. The largest absolute Gasteiger partial charge is 0.416 e. The fourth-order valence-corrected chi connectivity index (χ4v) is 6.07. The Hall–Kier alpha value is -3.28. The van der Waals surface area contributed by atoms with Gasteiger partial charge in [-0.3, -0.25) is 9.69 Å². The van der Waals surface area contributed by atoms with E-state index in [2.05, 4.69) is 10.2 Å². The van der Waals surface area contributed by atoms with Gasteiger partial charge in [0, 0.05) is 45.0 Å². The topological polar surface area (TPSA) is 83.7 Å². The molecule has 3 heterocycles. The molecule has 200 valence electrons. The van der Waals surface area contributed by atoms with E-state index >= 15 is 0 Å². The maximum atomic E-state index is 14.1. The van der Waals surface area contributed by atoms with Crippen molar-refractivity contribution in [2.24, 2.45) is 7.05 Å². The van der Waals surface area contributed by atoms with Crippen LogP contribution in [-0.4, -0.2) is 63.1 Å². The van der Waals surface area contributed by atoms with Gasteiger partial charge < -0.3 is 19.3 Å². The number of aromatic nitrogens is 3. The van der Waals surface area contributed by atoms with Crippen molar-refractivity contribution in [3.05, 3.63) is 76.4 Å². The highest BCUT2D eigenvalue weighted by atomic mass is 19.4. The van der Waals surface area contributed by atoms with Crippen LogP contribution in [0.15, 0.2) is 42.7 Å². The van der Waals surface area contributed by atoms with Gasteiger partial charge in [-0.15, -0.1) is 10.2 Å². The van der Waals surface area contributed by atoms with E-state index in [0.717, 1.165) is 17.5 Å². The standard InChI is InChI=1S/C27H28F3N5O3/c1-33-15-31-32-25(33)26(9-20(10-26)38-2)17-4-3-5-18(8-17)35-14-22-21(24(35)37)6-16(7-23(22)27(28,29)30)11-34-12-19(36)13-34/h3-8,15,19-20,36H,9-14H2,1-2H3/t20-,26-. The second-order valence-electron chi connectivity index (χ2n) is 10.6. The number of aliphatic hydroxyl groups is 1. The van der Waals surface area contributed by atoms with E-state index in [-0.39, 0.29) is 30.3 Å². The van der Waals surface area contributed by atoms with Crippen molar-refractivity contribution in [3.8, 4) is 0 Å². The number of likely N-dealkylation sites (tertiary alicyclic amines) is 1. The van der Waals surface area contributed by atoms with Crippen molar-refractivity contribution in [1.29, 1.82) is 0 Å². The first-order chi connectivity index (χ1) is 18.1. The van der Waals surface area contributed by atoms with Crippen LogP contribution in [0, 0.1) is 0 Å². The predicted molar refractivity (Wildman–Crippen MR) is 131 cm³/mol. The van der Waals surface area contributed by atoms with Crippen molar-refractivity contribution in [1.82, 2.24) is 19.7 Å². The van der Waals surface area contributed by atoms with Gasteiger partial charge in [-0.05, 0) is 53.8 Å². The number of aryl methyl sites for hydroxylation is 1. The quantitative estimate of drug-likeness (QED) is 0.530. The molecule has 1 saturated heterocycles. The number of methoxy groups -OCH3 is 1. The average molecular weight is 528 g/mol. The number of carbonyl (C=O) groups is 1. The van der Waals surface area contributed by atoms with Gasteiger partial charge in [-0.1, -0.05) is 12.1 Å². The van der Waals surface area contributed by atoms with Crippen LogP contribution in [-0.2, 0) is 36.5 Å². The molecule has 1 N–H and O–H groups in total. The molecule has 3 aliphatic rings. The van der Waals surface area contributed by atoms with Gasteiger partial charge in [0.15, 0.2) is 0 Å². The van der Waals surface area contributed by atoms with Crippen LogP contribution < -0.4 is 4.90 Å². The number of anilines is 1. The Balaban J connectivity index is 1.35. The summed E-state index contributed by atoms with van der Waals surface area (Å²) in [7, 11) is 3.54. The first kappa shape index (κ1) is 25.0. The fraction of sp³-hybridized carbons (Fsp3) is 0.444. The Labute approximate surface area is 217 Å². The molecule has 3 aromatic rings. The number of amides is 1. The van der Waals surface area contributed by atoms with Crippen LogP contribution in [0.25, 0.3) is 0 Å². The van der Waals surface area contributed by atoms with E-state index in [4.69, 9.17) is 4.74 Å². The summed E-state index contributed by atoms with van der Waals surface area (Å²) in [6, 6.07) is 10.1. The van der Waals surface area contributed by atoms with Crippen LogP contribution in [0.1, 0.15) is 51.3 Å². The molecule has 1 aromatic heterocycles. The van der Waals surface area contributed by atoms with Gasteiger partial charge in [0.2, 0.25) is 0 Å². The fourth-order valence-electron chi connectivity index (χ4n) is 6.07. The van der Waals surface area contributed by atoms with Crippen molar-refractivity contribution in [2.75, 3.05) is 25.1 Å². The summed E-state index contributed by atoms with van der Waals surface area (Å²) in [5.74, 6) is 0.323. The number of fused-ring (bicyclic) bond motifs is 1. The summed E-state index contributed by atoms with van der Waals surface area (Å²) in [6.45, 7) is 0.898. The van der Waals surface area contributed by atoms with E-state index in [0.29, 0.717) is 37.2 Å². The van der Waals surface area contributed by atoms with Crippen molar-refractivity contribution in [2.45, 2.75) is 49.7 Å². The summed E-state index contributed by atoms with van der Waals surface area (Å²) >= 11 is 0. The zero-order valence-electron chi connectivity index (χ0n) is 21.1. The number of ether oxygens (including phenoxy) is 1. The third kappa shape index (κ3) is 4.00. The molecule has 8 nitrogen and oxygen atoms in total. The molecule has 0 unspecified atom stereocenters. The highest BCUT2D eigenvalue weighted by Gasteiger charge is 2.50. The maximum Gasteiger partial charge on any atom is 0.416 e. The lowest BCUT2D eigenvalue weighted by Crippen LogP contribution is -2.49. The highest BCUT2D eigenvalue weighted by molar-refractivity contribution is 6.10. The zero-order valence-corrected chi connectivity index (χ0v) is 21.1. The van der Waals surface area contributed by atoms with E-state index in [1.165, 1.54) is 4.90 Å². The van der Waals surface area contributed by atoms with Gasteiger partial charge in [-0.25, -0.2) is 0 Å². The third-order valence-corrected chi connectivity index (χ3v) is 8.09. The number of aliphatic hydroxyl groups excluding tert-OH is 1. The average Bonchev–Trinajstić information content (AvgIpc) is 3.40. The molecule has 0 radical (unpaired) electrons. The van der Waals surface area contributed by atoms with Crippen LogP contribution in [0.3, 0.4) is 0 Å². The number of alkyl halides is 3. The molecule has 11 heteroatoms. The molecule has 1 saturated carbocycles. The molecule has 2 aromatic carbocycles. The number of hydrogen-bond acceptors (Lipinski definition) is 6. The van der Waals surface area contributed by atoms with Crippen LogP contribution in [0.4, 0.5) is 18.9 Å².